The number of carbonyl (C=O) groups excluding carboxylic acids is 2. The molecule has 0 aliphatic carbocycles. The number of carboxylic acids is 1. The number of unbranched alkanes of at least 4 members (excludes halogenated alkanes) is 28. The van der Waals surface area contributed by atoms with Gasteiger partial charge in [-0.25, -0.2) is 4.79 Å². The minimum atomic E-state index is -0.873. The first kappa shape index (κ1) is 60.5. The van der Waals surface area contributed by atoms with Gasteiger partial charge in [0, 0.05) is 19.3 Å². The van der Waals surface area contributed by atoms with Crippen molar-refractivity contribution in [3.05, 3.63) is 36.5 Å². The van der Waals surface area contributed by atoms with Crippen molar-refractivity contribution in [3.63, 3.8) is 0 Å². The van der Waals surface area contributed by atoms with Crippen molar-refractivity contribution in [2.45, 2.75) is 257 Å². The maximum absolute atomic E-state index is 12.8. The van der Waals surface area contributed by atoms with Crippen LogP contribution in [-0.4, -0.2) is 80.6 Å². The van der Waals surface area contributed by atoms with E-state index in [1.807, 2.05) is 21.1 Å². The molecular formula is C55H102NO7+. The predicted octanol–water partition coefficient (Wildman–Crippen LogP) is 15.4. The number of aliphatic carboxylic acids is 1. The molecule has 8 heteroatoms. The Balaban J connectivity index is 4.21. The molecule has 0 aliphatic heterocycles. The van der Waals surface area contributed by atoms with E-state index in [-0.39, 0.29) is 36.2 Å². The fourth-order valence-electron chi connectivity index (χ4n) is 7.95. The number of quaternary nitrogens is 1. The zero-order valence-corrected chi connectivity index (χ0v) is 42.0. The minimum Gasteiger partial charge on any atom is -0.477 e. The molecule has 8 nitrogen and oxygen atoms in total. The fourth-order valence-corrected chi connectivity index (χ4v) is 7.95. The summed E-state index contributed by atoms with van der Waals surface area (Å²) in [6.45, 7) is 4.66. The molecule has 0 aromatic carbocycles. The van der Waals surface area contributed by atoms with Crippen molar-refractivity contribution in [1.82, 2.24) is 0 Å². The van der Waals surface area contributed by atoms with Crippen LogP contribution in [0.4, 0.5) is 0 Å². The van der Waals surface area contributed by atoms with Gasteiger partial charge in [0.05, 0.1) is 34.4 Å². The van der Waals surface area contributed by atoms with E-state index in [1.165, 1.54) is 154 Å². The van der Waals surface area contributed by atoms with Gasteiger partial charge in [-0.05, 0) is 64.2 Å². The van der Waals surface area contributed by atoms with E-state index in [0.29, 0.717) is 19.3 Å². The maximum atomic E-state index is 12.8. The summed E-state index contributed by atoms with van der Waals surface area (Å²) in [5.74, 6) is -1.46. The highest BCUT2D eigenvalue weighted by Gasteiger charge is 2.31. The number of hydrogen-bond donors (Lipinski definition) is 1. The number of likely N-dealkylation sites (N-methyl/N-ethyl adjacent to an activating group) is 1. The molecule has 1 N–H and O–H groups in total. The lowest BCUT2D eigenvalue weighted by Crippen LogP contribution is -2.50. The number of allylic oxidation sites excluding steroid dienone is 6. The van der Waals surface area contributed by atoms with Crippen LogP contribution in [0.2, 0.25) is 0 Å². The van der Waals surface area contributed by atoms with Crippen molar-refractivity contribution in [3.8, 4) is 0 Å². The van der Waals surface area contributed by atoms with Gasteiger partial charge in [0.2, 0.25) is 0 Å². The van der Waals surface area contributed by atoms with Crippen molar-refractivity contribution >= 4 is 17.9 Å². The predicted molar refractivity (Wildman–Crippen MR) is 266 cm³/mol. The standard InChI is InChI=1S/C55H101NO7/c1-6-8-10-12-14-16-18-20-22-24-26-27-28-30-32-34-36-38-40-42-44-46-54(58)63-51(49-61-48-47-52(55(59)60)56(3,4)5)50-62-53(57)45-43-41-39-37-35-33-31-29-25-23-21-19-17-15-13-11-9-7-2/h8,10,14,16,29,31,51-52H,6-7,9,11-13,15,17-28,30,32-50H2,1-5H3/p+1/b10-8+,16-14+,31-29+. The Morgan fingerprint density at radius 3 is 1.32 bits per heavy atom. The summed E-state index contributed by atoms with van der Waals surface area (Å²) in [6.07, 6.45) is 54.8. The van der Waals surface area contributed by atoms with E-state index >= 15 is 0 Å². The molecule has 0 aromatic heterocycles. The van der Waals surface area contributed by atoms with Gasteiger partial charge in [0.25, 0.3) is 0 Å². The van der Waals surface area contributed by atoms with Crippen LogP contribution in [0.3, 0.4) is 0 Å². The molecular weight excluding hydrogens is 787 g/mol. The smallest absolute Gasteiger partial charge is 0.362 e. The number of rotatable bonds is 48. The molecule has 0 bridgehead atoms. The second-order valence-electron chi connectivity index (χ2n) is 19.1. The van der Waals surface area contributed by atoms with E-state index in [4.69, 9.17) is 14.2 Å². The third-order valence-corrected chi connectivity index (χ3v) is 12.0. The first-order valence-corrected chi connectivity index (χ1v) is 26.5. The largest absolute Gasteiger partial charge is 0.477 e. The van der Waals surface area contributed by atoms with Crippen LogP contribution < -0.4 is 0 Å². The van der Waals surface area contributed by atoms with E-state index < -0.39 is 18.1 Å². The van der Waals surface area contributed by atoms with E-state index in [1.54, 1.807) is 0 Å². The summed E-state index contributed by atoms with van der Waals surface area (Å²) in [7, 11) is 5.54. The summed E-state index contributed by atoms with van der Waals surface area (Å²) in [4.78, 5) is 37.2. The Morgan fingerprint density at radius 1 is 0.492 bits per heavy atom. The summed E-state index contributed by atoms with van der Waals surface area (Å²) >= 11 is 0. The molecule has 0 saturated carbocycles. The summed E-state index contributed by atoms with van der Waals surface area (Å²) in [5, 5.41) is 9.66. The first-order valence-electron chi connectivity index (χ1n) is 26.5. The minimum absolute atomic E-state index is 0.0525. The molecule has 0 spiro atoms. The van der Waals surface area contributed by atoms with Crippen molar-refractivity contribution in [1.29, 1.82) is 0 Å². The van der Waals surface area contributed by atoms with Gasteiger partial charge in [0.1, 0.15) is 6.61 Å². The molecule has 0 heterocycles. The normalized spacial score (nSPS) is 13.1. The highest BCUT2D eigenvalue weighted by Crippen LogP contribution is 2.16. The highest BCUT2D eigenvalue weighted by atomic mass is 16.6. The van der Waals surface area contributed by atoms with Gasteiger partial charge in [-0.3, -0.25) is 9.59 Å². The Labute approximate surface area is 389 Å². The van der Waals surface area contributed by atoms with Crippen LogP contribution >= 0.6 is 0 Å². The van der Waals surface area contributed by atoms with Crippen molar-refractivity contribution < 1.29 is 38.2 Å². The molecule has 0 rings (SSSR count). The second-order valence-corrected chi connectivity index (χ2v) is 19.1. The van der Waals surface area contributed by atoms with Crippen LogP contribution in [-0.2, 0) is 28.6 Å². The summed E-state index contributed by atoms with van der Waals surface area (Å²) in [6, 6.07) is -0.615. The van der Waals surface area contributed by atoms with Crippen molar-refractivity contribution in [2.24, 2.45) is 0 Å². The van der Waals surface area contributed by atoms with Gasteiger partial charge < -0.3 is 23.8 Å². The molecule has 0 radical (unpaired) electrons. The maximum Gasteiger partial charge on any atom is 0.362 e. The second kappa shape index (κ2) is 46.1. The molecule has 2 unspecified atom stereocenters. The number of hydrogen-bond acceptors (Lipinski definition) is 6. The average Bonchev–Trinajstić information content (AvgIpc) is 3.24. The van der Waals surface area contributed by atoms with Gasteiger partial charge in [-0.2, -0.15) is 0 Å². The van der Waals surface area contributed by atoms with Gasteiger partial charge in [-0.1, -0.05) is 198 Å². The monoisotopic (exact) mass is 889 g/mol. The Kier molecular flexibility index (Phi) is 44.3. The Morgan fingerprint density at radius 2 is 0.889 bits per heavy atom. The topological polar surface area (TPSA) is 99.1 Å². The zero-order valence-electron chi connectivity index (χ0n) is 42.0. The molecule has 2 atom stereocenters. The molecule has 0 saturated heterocycles. The van der Waals surface area contributed by atoms with Crippen molar-refractivity contribution in [2.75, 3.05) is 41.0 Å². The highest BCUT2D eigenvalue weighted by molar-refractivity contribution is 5.72. The number of esters is 2. The molecule has 63 heavy (non-hydrogen) atoms. The third kappa shape index (κ3) is 44.5. The van der Waals surface area contributed by atoms with Gasteiger partial charge in [-0.15, -0.1) is 0 Å². The van der Waals surface area contributed by atoms with Crippen LogP contribution in [0.25, 0.3) is 0 Å². The van der Waals surface area contributed by atoms with Gasteiger partial charge >= 0.3 is 17.9 Å². The Hall–Kier alpha value is -2.45. The quantitative estimate of drug-likeness (QED) is 0.0281. The number of carboxylic acid groups (broad SMARTS) is 1. The lowest BCUT2D eigenvalue weighted by Gasteiger charge is -2.31. The third-order valence-electron chi connectivity index (χ3n) is 12.0. The van der Waals surface area contributed by atoms with Crippen LogP contribution in [0.5, 0.6) is 0 Å². The SMILES string of the molecule is CC/C=C/C/C=C/CCCCCCCCCCCCCCCCC(=O)OC(COCCC(C(=O)O)[N+](C)(C)C)COC(=O)CCCCCCC/C=C/CCCCCCCCCCC. The van der Waals surface area contributed by atoms with Crippen LogP contribution in [0.15, 0.2) is 36.5 Å². The van der Waals surface area contributed by atoms with Crippen LogP contribution in [0.1, 0.15) is 245 Å². The zero-order chi connectivity index (χ0) is 46.3. The number of carbonyl (C=O) groups is 3. The summed E-state index contributed by atoms with van der Waals surface area (Å²) < 4.78 is 17.4. The van der Waals surface area contributed by atoms with Gasteiger partial charge in [0.15, 0.2) is 12.1 Å². The van der Waals surface area contributed by atoms with E-state index in [9.17, 15) is 19.5 Å². The molecule has 0 aliphatic rings. The van der Waals surface area contributed by atoms with E-state index in [2.05, 4.69) is 50.3 Å². The number of ether oxygens (including phenoxy) is 3. The molecule has 368 valence electrons. The fraction of sp³-hybridized carbons (Fsp3) is 0.836. The van der Waals surface area contributed by atoms with Crippen LogP contribution in [0, 0.1) is 0 Å². The first-order chi connectivity index (χ1) is 30.6. The summed E-state index contributed by atoms with van der Waals surface area (Å²) in [5.41, 5.74) is 0. The average molecular weight is 889 g/mol. The lowest BCUT2D eigenvalue weighted by atomic mass is 10.0. The molecule has 0 aromatic rings. The van der Waals surface area contributed by atoms with E-state index in [0.717, 1.165) is 57.8 Å². The number of nitrogens with zero attached hydrogens (tertiary/aromatic N) is 1. The lowest BCUT2D eigenvalue weighted by molar-refractivity contribution is -0.887. The molecule has 0 fully saturated rings. The molecule has 0 amide bonds. The Bertz CT molecular complexity index is 1130.